The Kier molecular flexibility index (Phi) is 5.09. The maximum Gasteiger partial charge on any atom is 0.225 e. The van der Waals surface area contributed by atoms with Crippen LogP contribution in [0, 0.1) is 12.8 Å². The largest absolute Gasteiger partial charge is 0.394 e. The molecular weight excluding hydrogens is 240 g/mol. The molecule has 0 spiro atoms. The van der Waals surface area contributed by atoms with Gasteiger partial charge in [0, 0.05) is 6.04 Å². The standard InChI is InChI=1S/C15H24N2O2/c1-10-5-7-12(8-6-10)13(16)11(2)14(19)17-15(3,4)9-18/h5-8,11,13,18H,9,16H2,1-4H3,(H,17,19). The Morgan fingerprint density at radius 3 is 2.37 bits per heavy atom. The van der Waals surface area contributed by atoms with Gasteiger partial charge in [-0.3, -0.25) is 4.79 Å². The van der Waals surface area contributed by atoms with E-state index in [1.165, 1.54) is 0 Å². The van der Waals surface area contributed by atoms with Gasteiger partial charge < -0.3 is 16.2 Å². The number of benzene rings is 1. The van der Waals surface area contributed by atoms with Crippen LogP contribution < -0.4 is 11.1 Å². The van der Waals surface area contributed by atoms with Gasteiger partial charge in [0.15, 0.2) is 0 Å². The summed E-state index contributed by atoms with van der Waals surface area (Å²) in [7, 11) is 0. The van der Waals surface area contributed by atoms with Crippen molar-refractivity contribution in [3.05, 3.63) is 35.4 Å². The van der Waals surface area contributed by atoms with Crippen molar-refractivity contribution >= 4 is 5.91 Å². The van der Waals surface area contributed by atoms with Crippen molar-refractivity contribution in [1.29, 1.82) is 0 Å². The zero-order valence-electron chi connectivity index (χ0n) is 12.1. The van der Waals surface area contributed by atoms with E-state index in [9.17, 15) is 4.79 Å². The third-order valence-electron chi connectivity index (χ3n) is 3.27. The Balaban J connectivity index is 2.74. The zero-order chi connectivity index (χ0) is 14.6. The smallest absolute Gasteiger partial charge is 0.225 e. The highest BCUT2D eigenvalue weighted by Gasteiger charge is 2.27. The first-order valence-electron chi connectivity index (χ1n) is 6.52. The minimum absolute atomic E-state index is 0.106. The highest BCUT2D eigenvalue weighted by Crippen LogP contribution is 2.20. The number of amides is 1. The summed E-state index contributed by atoms with van der Waals surface area (Å²) in [5.41, 5.74) is 7.60. The topological polar surface area (TPSA) is 75.4 Å². The van der Waals surface area contributed by atoms with E-state index in [0.29, 0.717) is 0 Å². The number of aliphatic hydroxyl groups is 1. The van der Waals surface area contributed by atoms with Crippen LogP contribution in [0.25, 0.3) is 0 Å². The molecule has 0 aliphatic rings. The predicted molar refractivity (Wildman–Crippen MR) is 76.6 cm³/mol. The van der Waals surface area contributed by atoms with Gasteiger partial charge in [-0.25, -0.2) is 0 Å². The molecule has 0 aliphatic carbocycles. The van der Waals surface area contributed by atoms with Crippen molar-refractivity contribution in [3.8, 4) is 0 Å². The molecule has 0 fully saturated rings. The molecule has 0 radical (unpaired) electrons. The molecule has 0 saturated heterocycles. The molecule has 4 N–H and O–H groups in total. The lowest BCUT2D eigenvalue weighted by molar-refractivity contribution is -0.127. The summed E-state index contributed by atoms with van der Waals surface area (Å²) in [4.78, 5) is 12.1. The van der Waals surface area contributed by atoms with Crippen LogP contribution in [0.5, 0.6) is 0 Å². The molecule has 0 aliphatic heterocycles. The number of nitrogens with two attached hydrogens (primary N) is 1. The first-order chi connectivity index (χ1) is 8.76. The molecule has 1 rings (SSSR count). The molecule has 4 heteroatoms. The lowest BCUT2D eigenvalue weighted by atomic mass is 9.93. The summed E-state index contributed by atoms with van der Waals surface area (Å²) in [5.74, 6) is -0.499. The van der Waals surface area contributed by atoms with Gasteiger partial charge in [-0.15, -0.1) is 0 Å². The second-order valence-corrected chi connectivity index (χ2v) is 5.76. The summed E-state index contributed by atoms with van der Waals surface area (Å²) in [6.07, 6.45) is 0. The fourth-order valence-electron chi connectivity index (χ4n) is 1.73. The highest BCUT2D eigenvalue weighted by atomic mass is 16.3. The average molecular weight is 264 g/mol. The van der Waals surface area contributed by atoms with E-state index in [4.69, 9.17) is 10.8 Å². The first kappa shape index (κ1) is 15.7. The van der Waals surface area contributed by atoms with E-state index >= 15 is 0 Å². The number of carbonyl (C=O) groups excluding carboxylic acids is 1. The molecule has 0 saturated carbocycles. The van der Waals surface area contributed by atoms with Crippen LogP contribution >= 0.6 is 0 Å². The average Bonchev–Trinajstić information content (AvgIpc) is 2.37. The molecule has 2 atom stereocenters. The summed E-state index contributed by atoms with van der Waals surface area (Å²) < 4.78 is 0. The van der Waals surface area contributed by atoms with Crippen LogP contribution in [-0.4, -0.2) is 23.2 Å². The number of carbonyl (C=O) groups is 1. The lowest BCUT2D eigenvalue weighted by Gasteiger charge is -2.27. The van der Waals surface area contributed by atoms with Crippen molar-refractivity contribution in [2.24, 2.45) is 11.7 Å². The minimum atomic E-state index is -0.627. The van der Waals surface area contributed by atoms with Gasteiger partial charge >= 0.3 is 0 Å². The van der Waals surface area contributed by atoms with Crippen molar-refractivity contribution in [3.63, 3.8) is 0 Å². The van der Waals surface area contributed by atoms with Gasteiger partial charge in [-0.2, -0.15) is 0 Å². The van der Waals surface area contributed by atoms with Crippen molar-refractivity contribution in [1.82, 2.24) is 5.32 Å². The number of aliphatic hydroxyl groups excluding tert-OH is 1. The van der Waals surface area contributed by atoms with E-state index in [1.807, 2.05) is 31.2 Å². The summed E-state index contributed by atoms with van der Waals surface area (Å²) in [6.45, 7) is 7.25. The molecule has 0 bridgehead atoms. The molecule has 0 aromatic heterocycles. The second kappa shape index (κ2) is 6.17. The lowest BCUT2D eigenvalue weighted by Crippen LogP contribution is -2.49. The number of nitrogens with one attached hydrogen (secondary N) is 1. The molecule has 1 aromatic rings. The van der Waals surface area contributed by atoms with Gasteiger partial charge in [-0.05, 0) is 26.3 Å². The number of hydrogen-bond acceptors (Lipinski definition) is 3. The minimum Gasteiger partial charge on any atom is -0.394 e. The Morgan fingerprint density at radius 2 is 1.89 bits per heavy atom. The van der Waals surface area contributed by atoms with E-state index < -0.39 is 5.54 Å². The monoisotopic (exact) mass is 264 g/mol. The molecule has 19 heavy (non-hydrogen) atoms. The van der Waals surface area contributed by atoms with Crippen LogP contribution in [0.1, 0.15) is 37.9 Å². The maximum absolute atomic E-state index is 12.1. The quantitative estimate of drug-likeness (QED) is 0.754. The fourth-order valence-corrected chi connectivity index (χ4v) is 1.73. The summed E-state index contributed by atoms with van der Waals surface area (Å²) >= 11 is 0. The van der Waals surface area contributed by atoms with Gasteiger partial charge in [0.25, 0.3) is 0 Å². The number of aryl methyl sites for hydroxylation is 1. The van der Waals surface area contributed by atoms with Gasteiger partial charge in [-0.1, -0.05) is 36.8 Å². The molecule has 1 aromatic carbocycles. The first-order valence-corrected chi connectivity index (χ1v) is 6.52. The summed E-state index contributed by atoms with van der Waals surface area (Å²) in [6, 6.07) is 7.51. The van der Waals surface area contributed by atoms with E-state index in [0.717, 1.165) is 11.1 Å². The third-order valence-corrected chi connectivity index (χ3v) is 3.27. The molecule has 0 heterocycles. The Hall–Kier alpha value is -1.39. The highest BCUT2D eigenvalue weighted by molar-refractivity contribution is 5.80. The van der Waals surface area contributed by atoms with Gasteiger partial charge in [0.05, 0.1) is 18.1 Å². The molecular formula is C15H24N2O2. The predicted octanol–water partition coefficient (Wildman–Crippen LogP) is 1.52. The van der Waals surface area contributed by atoms with E-state index in [1.54, 1.807) is 20.8 Å². The zero-order valence-corrected chi connectivity index (χ0v) is 12.1. The Labute approximate surface area is 115 Å². The Bertz CT molecular complexity index is 426. The maximum atomic E-state index is 12.1. The SMILES string of the molecule is Cc1ccc(C(N)C(C)C(=O)NC(C)(C)CO)cc1. The van der Waals surface area contributed by atoms with Crippen LogP contribution in [0.2, 0.25) is 0 Å². The van der Waals surface area contributed by atoms with Crippen LogP contribution in [0.3, 0.4) is 0 Å². The Morgan fingerprint density at radius 1 is 1.37 bits per heavy atom. The van der Waals surface area contributed by atoms with Crippen LogP contribution in [0.15, 0.2) is 24.3 Å². The number of rotatable bonds is 5. The molecule has 1 amide bonds. The summed E-state index contributed by atoms with van der Waals surface area (Å²) in [5, 5.41) is 12.0. The van der Waals surface area contributed by atoms with Gasteiger partial charge in [0.1, 0.15) is 0 Å². The van der Waals surface area contributed by atoms with Crippen LogP contribution in [-0.2, 0) is 4.79 Å². The van der Waals surface area contributed by atoms with Crippen LogP contribution in [0.4, 0.5) is 0 Å². The fraction of sp³-hybridized carbons (Fsp3) is 0.533. The number of hydrogen-bond donors (Lipinski definition) is 3. The van der Waals surface area contributed by atoms with Crippen molar-refractivity contribution in [2.75, 3.05) is 6.61 Å². The second-order valence-electron chi connectivity index (χ2n) is 5.76. The molecule has 106 valence electrons. The van der Waals surface area contributed by atoms with Crippen molar-refractivity contribution < 1.29 is 9.90 Å². The molecule has 2 unspecified atom stereocenters. The van der Waals surface area contributed by atoms with E-state index in [2.05, 4.69) is 5.32 Å². The van der Waals surface area contributed by atoms with Crippen molar-refractivity contribution in [2.45, 2.75) is 39.3 Å². The third kappa shape index (κ3) is 4.33. The normalized spacial score (nSPS) is 14.8. The van der Waals surface area contributed by atoms with E-state index in [-0.39, 0.29) is 24.5 Å². The molecule has 4 nitrogen and oxygen atoms in total. The van der Waals surface area contributed by atoms with Gasteiger partial charge in [0.2, 0.25) is 5.91 Å².